The van der Waals surface area contributed by atoms with E-state index in [9.17, 15) is 0 Å². The van der Waals surface area contributed by atoms with Gasteiger partial charge < -0.3 is 4.90 Å². The molecule has 134 valence electrons. The van der Waals surface area contributed by atoms with Crippen LogP contribution >= 0.6 is 0 Å². The molecule has 1 heteroatoms. The van der Waals surface area contributed by atoms with Crippen LogP contribution in [0, 0.1) is 0 Å². The summed E-state index contributed by atoms with van der Waals surface area (Å²) in [5.74, 6) is 0. The van der Waals surface area contributed by atoms with Crippen LogP contribution < -0.4 is 0 Å². The average molecular weight is 351 g/mol. The van der Waals surface area contributed by atoms with E-state index in [1.165, 1.54) is 38.4 Å². The van der Waals surface area contributed by atoms with Gasteiger partial charge in [0.1, 0.15) is 0 Å². The molecule has 0 unspecified atom stereocenters. The van der Waals surface area contributed by atoms with Gasteiger partial charge >= 0.3 is 0 Å². The average Bonchev–Trinajstić information content (AvgIpc) is 2.73. The lowest BCUT2D eigenvalue weighted by molar-refractivity contribution is 0.444. The summed E-state index contributed by atoms with van der Waals surface area (Å²) in [7, 11) is 0. The van der Waals surface area contributed by atoms with Crippen LogP contribution in [0.5, 0.6) is 0 Å². The minimum atomic E-state index is 0.979. The van der Waals surface area contributed by atoms with E-state index in [0.717, 1.165) is 13.1 Å². The standard InChI is InChI=1S/C26H25N/c1-3-27(4-2)25(18-20-12-6-5-7-13-20)26-23-16-10-8-14-21(23)19-22-15-9-11-17-24(22)26/h5-19H,3-4H2,1-2H3. The number of hydrogen-bond donors (Lipinski definition) is 0. The largest absolute Gasteiger partial charge is 0.372 e. The number of fused-ring (bicyclic) bond motifs is 2. The van der Waals surface area contributed by atoms with Crippen LogP contribution in [0.4, 0.5) is 0 Å². The SMILES string of the molecule is CCN(CC)C(=Cc1ccccc1)c1c2ccccc2cc2ccccc12. The maximum absolute atomic E-state index is 2.46. The Balaban J connectivity index is 2.09. The molecule has 0 saturated carbocycles. The monoisotopic (exact) mass is 351 g/mol. The molecule has 4 aromatic carbocycles. The molecular formula is C26H25N. The molecule has 0 aliphatic carbocycles. The van der Waals surface area contributed by atoms with Crippen molar-refractivity contribution in [3.05, 3.63) is 96.1 Å². The van der Waals surface area contributed by atoms with Gasteiger partial charge in [0.15, 0.2) is 0 Å². The summed E-state index contributed by atoms with van der Waals surface area (Å²) in [6.07, 6.45) is 2.33. The molecule has 0 spiro atoms. The molecule has 0 radical (unpaired) electrons. The molecule has 1 nitrogen and oxygen atoms in total. The third kappa shape index (κ3) is 3.33. The van der Waals surface area contributed by atoms with Crippen molar-refractivity contribution in [3.8, 4) is 0 Å². The van der Waals surface area contributed by atoms with Gasteiger partial charge in [0.25, 0.3) is 0 Å². The molecule has 0 heterocycles. The first-order valence-electron chi connectivity index (χ1n) is 9.74. The van der Waals surface area contributed by atoms with Crippen molar-refractivity contribution in [3.63, 3.8) is 0 Å². The minimum Gasteiger partial charge on any atom is -0.372 e. The topological polar surface area (TPSA) is 3.24 Å². The summed E-state index contributed by atoms with van der Waals surface area (Å²) >= 11 is 0. The van der Waals surface area contributed by atoms with Gasteiger partial charge in [-0.1, -0.05) is 78.9 Å². The Morgan fingerprint density at radius 1 is 0.704 bits per heavy atom. The lowest BCUT2D eigenvalue weighted by Crippen LogP contribution is -2.21. The zero-order chi connectivity index (χ0) is 18.6. The van der Waals surface area contributed by atoms with Gasteiger partial charge in [0.05, 0.1) is 0 Å². The fourth-order valence-electron chi connectivity index (χ4n) is 3.88. The normalized spacial score (nSPS) is 11.9. The second-order valence-electron chi connectivity index (χ2n) is 6.81. The second-order valence-corrected chi connectivity index (χ2v) is 6.81. The highest BCUT2D eigenvalue weighted by molar-refractivity contribution is 6.10. The Hall–Kier alpha value is -3.06. The first-order chi connectivity index (χ1) is 13.3. The van der Waals surface area contributed by atoms with E-state index in [4.69, 9.17) is 0 Å². The van der Waals surface area contributed by atoms with Crippen molar-refractivity contribution in [2.45, 2.75) is 13.8 Å². The molecular weight excluding hydrogens is 326 g/mol. The van der Waals surface area contributed by atoms with Crippen molar-refractivity contribution in [1.82, 2.24) is 4.90 Å². The fraction of sp³-hybridized carbons (Fsp3) is 0.154. The van der Waals surface area contributed by atoms with Crippen molar-refractivity contribution in [2.24, 2.45) is 0 Å². The van der Waals surface area contributed by atoms with Gasteiger partial charge in [-0.2, -0.15) is 0 Å². The Bertz CT molecular complexity index is 1030. The molecule has 0 saturated heterocycles. The number of nitrogens with zero attached hydrogens (tertiary/aromatic N) is 1. The molecule has 0 bridgehead atoms. The van der Waals surface area contributed by atoms with Crippen molar-refractivity contribution >= 4 is 33.3 Å². The van der Waals surface area contributed by atoms with Gasteiger partial charge in [-0.25, -0.2) is 0 Å². The number of rotatable bonds is 5. The Morgan fingerprint density at radius 2 is 1.22 bits per heavy atom. The third-order valence-corrected chi connectivity index (χ3v) is 5.23. The molecule has 27 heavy (non-hydrogen) atoms. The lowest BCUT2D eigenvalue weighted by Gasteiger charge is -2.27. The molecule has 4 rings (SSSR count). The molecule has 4 aromatic rings. The highest BCUT2D eigenvalue weighted by Crippen LogP contribution is 2.36. The third-order valence-electron chi connectivity index (χ3n) is 5.23. The van der Waals surface area contributed by atoms with Crippen LogP contribution in [-0.2, 0) is 0 Å². The van der Waals surface area contributed by atoms with Crippen molar-refractivity contribution in [1.29, 1.82) is 0 Å². The molecule has 0 N–H and O–H groups in total. The zero-order valence-corrected chi connectivity index (χ0v) is 16.0. The molecule has 0 atom stereocenters. The van der Waals surface area contributed by atoms with Crippen molar-refractivity contribution in [2.75, 3.05) is 13.1 Å². The molecule has 0 aliphatic rings. The minimum absolute atomic E-state index is 0.979. The summed E-state index contributed by atoms with van der Waals surface area (Å²) in [6, 6.07) is 30.4. The van der Waals surface area contributed by atoms with E-state index in [1.54, 1.807) is 0 Å². The van der Waals surface area contributed by atoms with Crippen LogP contribution in [-0.4, -0.2) is 18.0 Å². The zero-order valence-electron chi connectivity index (χ0n) is 16.0. The fourth-order valence-corrected chi connectivity index (χ4v) is 3.88. The Kier molecular flexibility index (Phi) is 4.93. The van der Waals surface area contributed by atoms with Crippen LogP contribution in [0.1, 0.15) is 25.0 Å². The Labute approximate surface area is 161 Å². The quantitative estimate of drug-likeness (QED) is 0.281. The van der Waals surface area contributed by atoms with Crippen molar-refractivity contribution < 1.29 is 0 Å². The predicted molar refractivity (Wildman–Crippen MR) is 119 cm³/mol. The van der Waals surface area contributed by atoms with Gasteiger partial charge in [-0.05, 0) is 53.1 Å². The molecule has 0 aromatic heterocycles. The van der Waals surface area contributed by atoms with Crippen LogP contribution in [0.2, 0.25) is 0 Å². The highest BCUT2D eigenvalue weighted by Gasteiger charge is 2.16. The first-order valence-corrected chi connectivity index (χ1v) is 9.74. The summed E-state index contributed by atoms with van der Waals surface area (Å²) in [6.45, 7) is 6.42. The number of hydrogen-bond acceptors (Lipinski definition) is 1. The van der Waals surface area contributed by atoms with Gasteiger partial charge in [0.2, 0.25) is 0 Å². The summed E-state index contributed by atoms with van der Waals surface area (Å²) in [5, 5.41) is 5.20. The van der Waals surface area contributed by atoms with E-state index < -0.39 is 0 Å². The molecule has 0 amide bonds. The lowest BCUT2D eigenvalue weighted by atomic mass is 9.93. The van der Waals surface area contributed by atoms with E-state index in [-0.39, 0.29) is 0 Å². The molecule has 0 fully saturated rings. The van der Waals surface area contributed by atoms with Crippen LogP contribution in [0.3, 0.4) is 0 Å². The predicted octanol–water partition coefficient (Wildman–Crippen LogP) is 6.83. The molecule has 0 aliphatic heterocycles. The summed E-state index contributed by atoms with van der Waals surface area (Å²) in [5.41, 5.74) is 3.85. The number of benzene rings is 4. The van der Waals surface area contributed by atoms with Crippen LogP contribution in [0.15, 0.2) is 84.9 Å². The first kappa shape index (κ1) is 17.4. The summed E-state index contributed by atoms with van der Waals surface area (Å²) in [4.78, 5) is 2.46. The maximum Gasteiger partial charge on any atom is 0.0458 e. The van der Waals surface area contributed by atoms with E-state index in [1.807, 2.05) is 0 Å². The van der Waals surface area contributed by atoms with E-state index in [0.29, 0.717) is 0 Å². The van der Waals surface area contributed by atoms with Gasteiger partial charge in [-0.15, -0.1) is 0 Å². The summed E-state index contributed by atoms with van der Waals surface area (Å²) < 4.78 is 0. The highest BCUT2D eigenvalue weighted by atomic mass is 15.1. The smallest absolute Gasteiger partial charge is 0.0458 e. The van der Waals surface area contributed by atoms with E-state index in [2.05, 4.69) is 110 Å². The van der Waals surface area contributed by atoms with Crippen LogP contribution in [0.25, 0.3) is 33.3 Å². The van der Waals surface area contributed by atoms with E-state index >= 15 is 0 Å². The van der Waals surface area contributed by atoms with Gasteiger partial charge in [-0.3, -0.25) is 0 Å². The second kappa shape index (κ2) is 7.67. The Morgan fingerprint density at radius 3 is 1.78 bits per heavy atom. The van der Waals surface area contributed by atoms with Gasteiger partial charge in [0, 0.05) is 24.4 Å². The maximum atomic E-state index is 2.46.